The minimum Gasteiger partial charge on any atom is -0.369 e. The first-order valence-corrected chi connectivity index (χ1v) is 7.49. The molecule has 0 bridgehead atoms. The van der Waals surface area contributed by atoms with Gasteiger partial charge in [-0.2, -0.15) is 5.10 Å². The highest BCUT2D eigenvalue weighted by Crippen LogP contribution is 2.22. The van der Waals surface area contributed by atoms with Gasteiger partial charge in [0.2, 0.25) is 0 Å². The minimum absolute atomic E-state index is 0.838. The lowest BCUT2D eigenvalue weighted by Gasteiger charge is -2.34. The summed E-state index contributed by atoms with van der Waals surface area (Å²) in [5.74, 6) is 0. The van der Waals surface area contributed by atoms with Gasteiger partial charge in [0.05, 0.1) is 17.3 Å². The maximum Gasteiger partial charge on any atom is 0.166 e. The fraction of sp³-hybridized carbons (Fsp3) is 0.312. The fourth-order valence-electron chi connectivity index (χ4n) is 2.85. The molecule has 1 aromatic carbocycles. The number of rotatable bonds is 2. The summed E-state index contributed by atoms with van der Waals surface area (Å²) >= 11 is 0. The molecule has 112 valence electrons. The first-order valence-electron chi connectivity index (χ1n) is 7.49. The molecule has 3 heterocycles. The van der Waals surface area contributed by atoms with Crippen LogP contribution in [-0.2, 0) is 0 Å². The molecule has 0 aliphatic carbocycles. The summed E-state index contributed by atoms with van der Waals surface area (Å²) in [5.41, 5.74) is 3.11. The van der Waals surface area contributed by atoms with Gasteiger partial charge in [-0.3, -0.25) is 0 Å². The number of aromatic nitrogens is 4. The highest BCUT2D eigenvalue weighted by molar-refractivity contribution is 5.75. The second kappa shape index (κ2) is 5.38. The Bertz CT molecular complexity index is 788. The van der Waals surface area contributed by atoms with E-state index in [-0.39, 0.29) is 0 Å². The summed E-state index contributed by atoms with van der Waals surface area (Å²) in [6, 6.07) is 8.49. The van der Waals surface area contributed by atoms with Gasteiger partial charge >= 0.3 is 0 Å². The van der Waals surface area contributed by atoms with Gasteiger partial charge in [0.15, 0.2) is 5.65 Å². The molecule has 6 heteroatoms. The smallest absolute Gasteiger partial charge is 0.166 e. The largest absolute Gasteiger partial charge is 0.369 e. The topological polar surface area (TPSA) is 50.1 Å². The molecular weight excluding hydrogens is 276 g/mol. The predicted molar refractivity (Wildman–Crippen MR) is 86.4 cm³/mol. The third kappa shape index (κ3) is 2.31. The van der Waals surface area contributed by atoms with Crippen molar-refractivity contribution >= 4 is 16.7 Å². The first-order chi connectivity index (χ1) is 10.8. The van der Waals surface area contributed by atoms with Crippen molar-refractivity contribution in [2.45, 2.75) is 0 Å². The number of hydrogen-bond acceptors (Lipinski definition) is 5. The lowest BCUT2D eigenvalue weighted by Crippen LogP contribution is -2.44. The van der Waals surface area contributed by atoms with Crippen molar-refractivity contribution in [3.05, 3.63) is 43.0 Å². The molecule has 0 unspecified atom stereocenters. The molecule has 4 rings (SSSR count). The zero-order valence-corrected chi connectivity index (χ0v) is 12.6. The van der Waals surface area contributed by atoms with E-state index in [4.69, 9.17) is 0 Å². The van der Waals surface area contributed by atoms with Gasteiger partial charge in [-0.05, 0) is 25.2 Å². The SMILES string of the molecule is CN1CCN(c2cccc(-n3ncc4cncnc43)c2)CC1. The molecule has 2 aromatic heterocycles. The van der Waals surface area contributed by atoms with Gasteiger partial charge < -0.3 is 9.80 Å². The van der Waals surface area contributed by atoms with E-state index in [1.54, 1.807) is 18.7 Å². The highest BCUT2D eigenvalue weighted by Gasteiger charge is 2.15. The van der Waals surface area contributed by atoms with Gasteiger partial charge in [-0.15, -0.1) is 0 Å². The van der Waals surface area contributed by atoms with E-state index in [2.05, 4.69) is 56.2 Å². The van der Waals surface area contributed by atoms with Crippen LogP contribution in [-0.4, -0.2) is 57.9 Å². The van der Waals surface area contributed by atoms with Crippen LogP contribution in [0.5, 0.6) is 0 Å². The monoisotopic (exact) mass is 294 g/mol. The van der Waals surface area contributed by atoms with E-state index in [0.717, 1.165) is 42.9 Å². The Kier molecular flexibility index (Phi) is 3.23. The number of benzene rings is 1. The van der Waals surface area contributed by atoms with Crippen LogP contribution in [0.25, 0.3) is 16.7 Å². The maximum absolute atomic E-state index is 4.45. The Morgan fingerprint density at radius 1 is 1.00 bits per heavy atom. The first kappa shape index (κ1) is 13.2. The third-order valence-corrected chi connectivity index (χ3v) is 4.17. The summed E-state index contributed by atoms with van der Waals surface area (Å²) in [6.07, 6.45) is 5.15. The number of nitrogens with zero attached hydrogens (tertiary/aromatic N) is 6. The molecule has 1 aliphatic heterocycles. The lowest BCUT2D eigenvalue weighted by atomic mass is 10.2. The second-order valence-corrected chi connectivity index (χ2v) is 5.67. The number of hydrogen-bond donors (Lipinski definition) is 0. The Morgan fingerprint density at radius 2 is 1.82 bits per heavy atom. The van der Waals surface area contributed by atoms with Crippen LogP contribution in [0, 0.1) is 0 Å². The molecular formula is C16H18N6. The zero-order chi connectivity index (χ0) is 14.9. The van der Waals surface area contributed by atoms with Crippen LogP contribution in [0.2, 0.25) is 0 Å². The van der Waals surface area contributed by atoms with Crippen molar-refractivity contribution in [3.8, 4) is 5.69 Å². The summed E-state index contributed by atoms with van der Waals surface area (Å²) in [6.45, 7) is 4.31. The number of fused-ring (bicyclic) bond motifs is 1. The van der Waals surface area contributed by atoms with Crippen molar-refractivity contribution in [3.63, 3.8) is 0 Å². The quantitative estimate of drug-likeness (QED) is 0.718. The van der Waals surface area contributed by atoms with Gasteiger partial charge in [-0.25, -0.2) is 14.6 Å². The second-order valence-electron chi connectivity index (χ2n) is 5.67. The molecule has 0 N–H and O–H groups in total. The van der Waals surface area contributed by atoms with Gasteiger partial charge in [-0.1, -0.05) is 6.07 Å². The summed E-state index contributed by atoms with van der Waals surface area (Å²) in [5, 5.41) is 5.40. The van der Waals surface area contributed by atoms with Crippen molar-refractivity contribution in [1.29, 1.82) is 0 Å². The lowest BCUT2D eigenvalue weighted by molar-refractivity contribution is 0.313. The fourth-order valence-corrected chi connectivity index (χ4v) is 2.85. The van der Waals surface area contributed by atoms with E-state index in [0.29, 0.717) is 0 Å². The summed E-state index contributed by atoms with van der Waals surface area (Å²) in [4.78, 5) is 13.2. The molecule has 0 amide bonds. The standard InChI is InChI=1S/C16H18N6/c1-20-5-7-21(8-6-20)14-3-2-4-15(9-14)22-16-13(11-19-22)10-17-12-18-16/h2-4,9-12H,5-8H2,1H3. The number of piperazine rings is 1. The van der Waals surface area contributed by atoms with Crippen molar-refractivity contribution in [2.24, 2.45) is 0 Å². The summed E-state index contributed by atoms with van der Waals surface area (Å²) < 4.78 is 1.87. The predicted octanol–water partition coefficient (Wildman–Crippen LogP) is 1.57. The third-order valence-electron chi connectivity index (χ3n) is 4.17. The molecule has 6 nitrogen and oxygen atoms in total. The molecule has 0 radical (unpaired) electrons. The number of anilines is 1. The molecule has 22 heavy (non-hydrogen) atoms. The van der Waals surface area contributed by atoms with E-state index in [1.165, 1.54) is 5.69 Å². The van der Waals surface area contributed by atoms with Gasteiger partial charge in [0, 0.05) is 38.1 Å². The molecule has 0 atom stereocenters. The molecule has 0 spiro atoms. The normalized spacial score (nSPS) is 16.3. The Labute approximate surface area is 129 Å². The molecule has 1 fully saturated rings. The van der Waals surface area contributed by atoms with Crippen LogP contribution in [0.4, 0.5) is 5.69 Å². The molecule has 0 saturated carbocycles. The van der Waals surface area contributed by atoms with E-state index >= 15 is 0 Å². The van der Waals surface area contributed by atoms with E-state index < -0.39 is 0 Å². The van der Waals surface area contributed by atoms with Gasteiger partial charge in [0.25, 0.3) is 0 Å². The van der Waals surface area contributed by atoms with Crippen molar-refractivity contribution in [2.75, 3.05) is 38.1 Å². The van der Waals surface area contributed by atoms with Crippen LogP contribution in [0.15, 0.2) is 43.0 Å². The molecule has 1 aliphatic rings. The van der Waals surface area contributed by atoms with Crippen LogP contribution >= 0.6 is 0 Å². The Balaban J connectivity index is 1.70. The number of likely N-dealkylation sites (N-methyl/N-ethyl adjacent to an activating group) is 1. The van der Waals surface area contributed by atoms with Gasteiger partial charge in [0.1, 0.15) is 6.33 Å². The van der Waals surface area contributed by atoms with Crippen molar-refractivity contribution in [1.82, 2.24) is 24.6 Å². The van der Waals surface area contributed by atoms with Crippen molar-refractivity contribution < 1.29 is 0 Å². The highest BCUT2D eigenvalue weighted by atomic mass is 15.3. The van der Waals surface area contributed by atoms with Crippen LogP contribution in [0.3, 0.4) is 0 Å². The van der Waals surface area contributed by atoms with Crippen LogP contribution < -0.4 is 4.90 Å². The Morgan fingerprint density at radius 3 is 2.68 bits per heavy atom. The molecule has 1 saturated heterocycles. The zero-order valence-electron chi connectivity index (χ0n) is 12.6. The van der Waals surface area contributed by atoms with Crippen LogP contribution in [0.1, 0.15) is 0 Å². The minimum atomic E-state index is 0.838. The Hall–Kier alpha value is -2.47. The van der Waals surface area contributed by atoms with E-state index in [9.17, 15) is 0 Å². The van der Waals surface area contributed by atoms with E-state index in [1.807, 2.05) is 4.68 Å². The average molecular weight is 294 g/mol. The average Bonchev–Trinajstić information content (AvgIpc) is 3.00. The summed E-state index contributed by atoms with van der Waals surface area (Å²) in [7, 11) is 2.17. The maximum atomic E-state index is 4.45. The molecule has 3 aromatic rings.